The number of pyridine rings is 1. The Hall–Kier alpha value is -3.68. The summed E-state index contributed by atoms with van der Waals surface area (Å²) in [5.41, 5.74) is -0.687. The maximum absolute atomic E-state index is 14.1. The van der Waals surface area contributed by atoms with Gasteiger partial charge in [-0.05, 0) is 55.7 Å². The number of aromatic nitrogens is 1. The van der Waals surface area contributed by atoms with Crippen LogP contribution < -0.4 is 14.9 Å². The number of anilines is 2. The Balaban J connectivity index is 1.71. The smallest absolute Gasteiger partial charge is 0.433 e. The van der Waals surface area contributed by atoms with E-state index in [1.54, 1.807) is 11.8 Å². The predicted octanol–water partition coefficient (Wildman–Crippen LogP) is 3.72. The minimum Gasteiger partial charge on any atom is -0.466 e. The summed E-state index contributed by atoms with van der Waals surface area (Å²) in [6.07, 6.45) is -0.565. The molecule has 3 rings (SSSR count). The number of nitrogens with one attached hydrogen (secondary N) is 2. The fourth-order valence-electron chi connectivity index (χ4n) is 3.95. The van der Waals surface area contributed by atoms with Crippen molar-refractivity contribution in [3.05, 3.63) is 59.0 Å². The van der Waals surface area contributed by atoms with Crippen LogP contribution in [0.2, 0.25) is 0 Å². The van der Waals surface area contributed by atoms with Crippen LogP contribution in [0.5, 0.6) is 0 Å². The van der Waals surface area contributed by atoms with E-state index in [-0.39, 0.29) is 55.2 Å². The lowest BCUT2D eigenvalue weighted by Crippen LogP contribution is -2.38. The molecule has 0 atom stereocenters. The minimum atomic E-state index is -4.67. The quantitative estimate of drug-likeness (QED) is 0.267. The number of halogens is 4. The molecular weight excluding hydrogens is 544 g/mol. The molecule has 1 aliphatic rings. The molecule has 1 aliphatic heterocycles. The number of alkyl halides is 3. The Morgan fingerprint density at radius 1 is 1.18 bits per heavy atom. The summed E-state index contributed by atoms with van der Waals surface area (Å²) in [5.74, 6) is -2.08. The fourth-order valence-corrected chi connectivity index (χ4v) is 4.52. The predicted molar refractivity (Wildman–Crippen MR) is 137 cm³/mol. The van der Waals surface area contributed by atoms with E-state index in [9.17, 15) is 35.6 Å². The van der Waals surface area contributed by atoms with E-state index in [1.807, 2.05) is 4.72 Å². The van der Waals surface area contributed by atoms with Crippen LogP contribution in [0.15, 0.2) is 36.4 Å². The molecule has 0 saturated carbocycles. The summed E-state index contributed by atoms with van der Waals surface area (Å²) in [6.45, 7) is 2.41. The first-order valence-electron chi connectivity index (χ1n) is 12.0. The third kappa shape index (κ3) is 8.67. The second-order valence-electron chi connectivity index (χ2n) is 8.86. The molecule has 1 amide bonds. The van der Waals surface area contributed by atoms with Crippen molar-refractivity contribution in [3.8, 4) is 0 Å². The molecule has 0 aliphatic carbocycles. The Morgan fingerprint density at radius 2 is 1.87 bits per heavy atom. The minimum absolute atomic E-state index is 0.0345. The van der Waals surface area contributed by atoms with Crippen molar-refractivity contribution in [1.82, 2.24) is 10.3 Å². The van der Waals surface area contributed by atoms with E-state index < -0.39 is 33.6 Å². The second kappa shape index (κ2) is 12.5. The molecule has 0 radical (unpaired) electrons. The largest absolute Gasteiger partial charge is 0.466 e. The van der Waals surface area contributed by atoms with Crippen LogP contribution in [0.25, 0.3) is 6.08 Å². The number of benzene rings is 1. The number of nitrogens with zero attached hydrogens (tertiary/aromatic N) is 2. The van der Waals surface area contributed by atoms with E-state index in [4.69, 9.17) is 4.74 Å². The van der Waals surface area contributed by atoms with Gasteiger partial charge in [0.15, 0.2) is 0 Å². The standard InChI is InChI=1S/C25H28F4N4O5S/c1-3-38-24(35)18-10-12-33(13-11-18)23-17(5-8-21(31-23)25(27,28)29)6-9-22(34)30-15-16-4-7-20(19(26)14-16)32-39(2,36)37/h4-9,14,18,32H,3,10-13,15H2,1-2H3,(H,30,34)/b9-6+. The number of amides is 1. The number of ether oxygens (including phenoxy) is 1. The van der Waals surface area contributed by atoms with Crippen LogP contribution in [0.4, 0.5) is 29.1 Å². The SMILES string of the molecule is CCOC(=O)C1CCN(c2nc(C(F)(F)F)ccc2/C=C/C(=O)NCc2ccc(NS(C)(=O)=O)c(F)c2)CC1. The number of carbonyl (C=O) groups excluding carboxylic acids is 2. The van der Waals surface area contributed by atoms with Crippen LogP contribution in [0.3, 0.4) is 0 Å². The average Bonchev–Trinajstić information content (AvgIpc) is 2.86. The van der Waals surface area contributed by atoms with Gasteiger partial charge in [-0.1, -0.05) is 6.07 Å². The van der Waals surface area contributed by atoms with Crippen LogP contribution in [-0.2, 0) is 37.1 Å². The molecule has 212 valence electrons. The average molecular weight is 573 g/mol. The van der Waals surface area contributed by atoms with Gasteiger partial charge in [-0.15, -0.1) is 0 Å². The monoisotopic (exact) mass is 572 g/mol. The zero-order valence-corrected chi connectivity index (χ0v) is 22.0. The number of esters is 1. The molecule has 0 spiro atoms. The van der Waals surface area contributed by atoms with E-state index >= 15 is 0 Å². The van der Waals surface area contributed by atoms with Gasteiger partial charge in [-0.25, -0.2) is 17.8 Å². The van der Waals surface area contributed by atoms with Crippen molar-refractivity contribution in [2.24, 2.45) is 5.92 Å². The van der Waals surface area contributed by atoms with Crippen LogP contribution in [-0.4, -0.2) is 51.2 Å². The highest BCUT2D eigenvalue weighted by molar-refractivity contribution is 7.92. The maximum atomic E-state index is 14.1. The van der Waals surface area contributed by atoms with Crippen LogP contribution in [0, 0.1) is 11.7 Å². The summed E-state index contributed by atoms with van der Waals surface area (Å²) in [5, 5.41) is 2.53. The van der Waals surface area contributed by atoms with Gasteiger partial charge in [-0.2, -0.15) is 13.2 Å². The molecule has 2 heterocycles. The van der Waals surface area contributed by atoms with Crippen molar-refractivity contribution in [3.63, 3.8) is 0 Å². The Labute approximate surface area is 223 Å². The normalized spacial score (nSPS) is 14.9. The molecule has 9 nitrogen and oxygen atoms in total. The third-order valence-corrected chi connectivity index (χ3v) is 6.41. The van der Waals surface area contributed by atoms with Crippen LogP contribution in [0.1, 0.15) is 36.6 Å². The number of carbonyl (C=O) groups is 2. The number of piperidine rings is 1. The van der Waals surface area contributed by atoms with Gasteiger partial charge >= 0.3 is 12.1 Å². The van der Waals surface area contributed by atoms with E-state index in [2.05, 4.69) is 10.3 Å². The van der Waals surface area contributed by atoms with Gasteiger partial charge in [0.2, 0.25) is 15.9 Å². The number of hydrogen-bond donors (Lipinski definition) is 2. The summed E-state index contributed by atoms with van der Waals surface area (Å²) in [4.78, 5) is 29.8. The highest BCUT2D eigenvalue weighted by Crippen LogP contribution is 2.32. The lowest BCUT2D eigenvalue weighted by Gasteiger charge is -2.33. The molecule has 1 saturated heterocycles. The van der Waals surface area contributed by atoms with Gasteiger partial charge in [0.25, 0.3) is 0 Å². The Morgan fingerprint density at radius 3 is 2.46 bits per heavy atom. The maximum Gasteiger partial charge on any atom is 0.433 e. The molecule has 1 fully saturated rings. The highest BCUT2D eigenvalue weighted by atomic mass is 32.2. The lowest BCUT2D eigenvalue weighted by atomic mass is 9.96. The molecule has 14 heteroatoms. The zero-order chi connectivity index (χ0) is 28.8. The van der Waals surface area contributed by atoms with Gasteiger partial charge in [0.05, 0.1) is 24.5 Å². The van der Waals surface area contributed by atoms with Crippen molar-refractivity contribution in [2.45, 2.75) is 32.5 Å². The van der Waals surface area contributed by atoms with Gasteiger partial charge in [-0.3, -0.25) is 14.3 Å². The highest BCUT2D eigenvalue weighted by Gasteiger charge is 2.34. The van der Waals surface area contributed by atoms with Gasteiger partial charge < -0.3 is 15.0 Å². The molecule has 2 aromatic rings. The first-order valence-corrected chi connectivity index (χ1v) is 13.9. The molecule has 39 heavy (non-hydrogen) atoms. The van der Waals surface area contributed by atoms with Crippen molar-refractivity contribution in [2.75, 3.05) is 35.6 Å². The Bertz CT molecular complexity index is 1340. The van der Waals surface area contributed by atoms with E-state index in [0.717, 1.165) is 24.5 Å². The van der Waals surface area contributed by atoms with Crippen LogP contribution >= 0.6 is 0 Å². The molecule has 2 N–H and O–H groups in total. The zero-order valence-electron chi connectivity index (χ0n) is 21.2. The Kier molecular flexibility index (Phi) is 9.54. The molecular formula is C25H28F4N4O5S. The van der Waals surface area contributed by atoms with Crippen molar-refractivity contribution >= 4 is 39.5 Å². The topological polar surface area (TPSA) is 118 Å². The molecule has 0 bridgehead atoms. The molecule has 0 unspecified atom stereocenters. The van der Waals surface area contributed by atoms with Crippen molar-refractivity contribution < 1.29 is 40.3 Å². The third-order valence-electron chi connectivity index (χ3n) is 5.82. The second-order valence-corrected chi connectivity index (χ2v) is 10.6. The summed E-state index contributed by atoms with van der Waals surface area (Å²) in [7, 11) is -3.66. The van der Waals surface area contributed by atoms with Gasteiger partial charge in [0, 0.05) is 31.3 Å². The fraction of sp³-hybridized carbons (Fsp3) is 0.400. The summed E-state index contributed by atoms with van der Waals surface area (Å²) < 4.78 is 83.8. The molecule has 1 aromatic heterocycles. The number of rotatable bonds is 9. The first-order chi connectivity index (χ1) is 18.3. The lowest BCUT2D eigenvalue weighted by molar-refractivity contribution is -0.148. The number of sulfonamides is 1. The summed E-state index contributed by atoms with van der Waals surface area (Å²) in [6, 6.07) is 5.75. The van der Waals surface area contributed by atoms with Crippen molar-refractivity contribution in [1.29, 1.82) is 0 Å². The summed E-state index contributed by atoms with van der Waals surface area (Å²) >= 11 is 0. The number of hydrogen-bond acceptors (Lipinski definition) is 7. The van der Waals surface area contributed by atoms with Gasteiger partial charge in [0.1, 0.15) is 17.3 Å². The van der Waals surface area contributed by atoms with E-state index in [1.165, 1.54) is 24.3 Å². The molecule has 1 aromatic carbocycles. The van der Waals surface area contributed by atoms with E-state index in [0.29, 0.717) is 18.4 Å². The first kappa shape index (κ1) is 29.9.